The maximum absolute atomic E-state index is 12.4. The second kappa shape index (κ2) is 6.63. The van der Waals surface area contributed by atoms with E-state index in [-0.39, 0.29) is 24.0 Å². The third kappa shape index (κ3) is 3.06. The number of hydrogen-bond acceptors (Lipinski definition) is 4. The van der Waals surface area contributed by atoms with Gasteiger partial charge in [-0.1, -0.05) is 36.4 Å². The number of hydrogen-bond donors (Lipinski definition) is 1. The van der Waals surface area contributed by atoms with E-state index in [1.807, 2.05) is 42.5 Å². The van der Waals surface area contributed by atoms with Gasteiger partial charge >= 0.3 is 0 Å². The summed E-state index contributed by atoms with van der Waals surface area (Å²) >= 11 is 0. The number of carbonyl (C=O) groups excluding carboxylic acids is 1. The Labute approximate surface area is 150 Å². The zero-order chi connectivity index (χ0) is 18.1. The van der Waals surface area contributed by atoms with Crippen molar-refractivity contribution < 1.29 is 9.53 Å². The fourth-order valence-electron chi connectivity index (χ4n) is 3.32. The molecule has 1 amide bonds. The fraction of sp³-hybridized carbons (Fsp3) is 0.250. The minimum absolute atomic E-state index is 0.0545. The van der Waals surface area contributed by atoms with Crippen LogP contribution in [0.15, 0.2) is 53.3 Å². The van der Waals surface area contributed by atoms with Gasteiger partial charge in [0.15, 0.2) is 0 Å². The normalized spacial score (nSPS) is 15.5. The molecule has 2 heterocycles. The average Bonchev–Trinajstić information content (AvgIpc) is 3.07. The van der Waals surface area contributed by atoms with Crippen LogP contribution in [0.5, 0.6) is 5.75 Å². The Balaban J connectivity index is 1.44. The quantitative estimate of drug-likeness (QED) is 0.776. The fourth-order valence-corrected chi connectivity index (χ4v) is 3.32. The van der Waals surface area contributed by atoms with Crippen LogP contribution in [0.3, 0.4) is 0 Å². The molecule has 0 fully saturated rings. The summed E-state index contributed by atoms with van der Waals surface area (Å²) in [5.74, 6) is 0.748. The molecule has 1 aliphatic rings. The van der Waals surface area contributed by atoms with E-state index >= 15 is 0 Å². The molecule has 6 nitrogen and oxygen atoms in total. The highest BCUT2D eigenvalue weighted by Crippen LogP contribution is 2.27. The number of nitrogens with zero attached hydrogens (tertiary/aromatic N) is 2. The Hall–Kier alpha value is -3.15. The summed E-state index contributed by atoms with van der Waals surface area (Å²) in [4.78, 5) is 24.5. The SMILES string of the molecule is Cn1nc(CC(=O)NC[C@H]2Cc3ccccc3O2)c2ccccc2c1=O. The standard InChI is InChI=1S/C20H19N3O3/c1-23-20(25)16-8-4-3-7-15(16)17(22-23)11-19(24)21-12-14-10-13-6-2-5-9-18(13)26-14/h2-9,14H,10-12H2,1H3,(H,21,24)/t14-/m1/s1. The lowest BCUT2D eigenvalue weighted by Gasteiger charge is -2.12. The summed E-state index contributed by atoms with van der Waals surface area (Å²) in [6.45, 7) is 0.442. The zero-order valence-electron chi connectivity index (χ0n) is 14.4. The van der Waals surface area contributed by atoms with Gasteiger partial charge in [0.2, 0.25) is 5.91 Å². The van der Waals surface area contributed by atoms with Crippen LogP contribution in [-0.2, 0) is 24.7 Å². The summed E-state index contributed by atoms with van der Waals surface area (Å²) in [6, 6.07) is 15.1. The second-order valence-corrected chi connectivity index (χ2v) is 6.45. The lowest BCUT2D eigenvalue weighted by molar-refractivity contribution is -0.120. The van der Waals surface area contributed by atoms with E-state index in [4.69, 9.17) is 4.74 Å². The molecule has 0 saturated carbocycles. The Morgan fingerprint density at radius 3 is 2.73 bits per heavy atom. The molecule has 3 aromatic rings. The van der Waals surface area contributed by atoms with Crippen LogP contribution in [0, 0.1) is 0 Å². The third-order valence-electron chi connectivity index (χ3n) is 4.60. The van der Waals surface area contributed by atoms with Crippen molar-refractivity contribution in [2.75, 3.05) is 6.54 Å². The van der Waals surface area contributed by atoms with Gasteiger partial charge in [-0.15, -0.1) is 0 Å². The minimum Gasteiger partial charge on any atom is -0.488 e. The topological polar surface area (TPSA) is 73.2 Å². The Morgan fingerprint density at radius 1 is 1.19 bits per heavy atom. The highest BCUT2D eigenvalue weighted by Gasteiger charge is 2.23. The molecule has 1 N–H and O–H groups in total. The number of ether oxygens (including phenoxy) is 1. The molecule has 0 saturated heterocycles. The second-order valence-electron chi connectivity index (χ2n) is 6.45. The number of benzene rings is 2. The lowest BCUT2D eigenvalue weighted by atomic mass is 10.1. The summed E-state index contributed by atoms with van der Waals surface area (Å²) in [6.07, 6.45) is 0.854. The monoisotopic (exact) mass is 349 g/mol. The van der Waals surface area contributed by atoms with Gasteiger partial charge in [0, 0.05) is 18.9 Å². The number of nitrogens with one attached hydrogen (secondary N) is 1. The van der Waals surface area contributed by atoms with Gasteiger partial charge in [0.05, 0.1) is 24.0 Å². The first-order valence-electron chi connectivity index (χ1n) is 8.58. The first kappa shape index (κ1) is 16.3. The van der Waals surface area contributed by atoms with Crippen molar-refractivity contribution in [1.82, 2.24) is 15.1 Å². The van der Waals surface area contributed by atoms with E-state index in [1.165, 1.54) is 4.68 Å². The largest absolute Gasteiger partial charge is 0.488 e. The molecule has 6 heteroatoms. The molecular formula is C20H19N3O3. The predicted molar refractivity (Wildman–Crippen MR) is 98.3 cm³/mol. The maximum Gasteiger partial charge on any atom is 0.274 e. The van der Waals surface area contributed by atoms with Crippen LogP contribution < -0.4 is 15.6 Å². The van der Waals surface area contributed by atoms with E-state index in [9.17, 15) is 9.59 Å². The first-order valence-corrected chi connectivity index (χ1v) is 8.58. The van der Waals surface area contributed by atoms with Crippen molar-refractivity contribution in [1.29, 1.82) is 0 Å². The van der Waals surface area contributed by atoms with Crippen molar-refractivity contribution in [2.45, 2.75) is 18.9 Å². The molecular weight excluding hydrogens is 330 g/mol. The molecule has 0 radical (unpaired) electrons. The van der Waals surface area contributed by atoms with Crippen molar-refractivity contribution in [2.24, 2.45) is 7.05 Å². The highest BCUT2D eigenvalue weighted by molar-refractivity contribution is 5.88. The van der Waals surface area contributed by atoms with E-state index < -0.39 is 0 Å². The number of rotatable bonds is 4. The number of carbonyl (C=O) groups is 1. The van der Waals surface area contributed by atoms with Gasteiger partial charge in [-0.2, -0.15) is 5.10 Å². The van der Waals surface area contributed by atoms with Gasteiger partial charge in [-0.3, -0.25) is 9.59 Å². The van der Waals surface area contributed by atoms with Crippen LogP contribution in [0.4, 0.5) is 0 Å². The van der Waals surface area contributed by atoms with Crippen molar-refractivity contribution in [3.05, 3.63) is 70.1 Å². The lowest BCUT2D eigenvalue weighted by Crippen LogP contribution is -2.35. The number of aromatic nitrogens is 2. The summed E-state index contributed by atoms with van der Waals surface area (Å²) in [5, 5.41) is 8.47. The first-order chi connectivity index (χ1) is 12.6. The molecule has 26 heavy (non-hydrogen) atoms. The zero-order valence-corrected chi connectivity index (χ0v) is 14.4. The Bertz CT molecular complexity index is 1020. The van der Waals surface area contributed by atoms with Crippen LogP contribution in [0.2, 0.25) is 0 Å². The van der Waals surface area contributed by atoms with Gasteiger partial charge in [-0.25, -0.2) is 4.68 Å². The van der Waals surface area contributed by atoms with E-state index in [0.717, 1.165) is 23.1 Å². The number of amides is 1. The van der Waals surface area contributed by atoms with E-state index in [0.29, 0.717) is 17.6 Å². The highest BCUT2D eigenvalue weighted by atomic mass is 16.5. The summed E-state index contributed by atoms with van der Waals surface area (Å²) in [7, 11) is 1.60. The Morgan fingerprint density at radius 2 is 1.92 bits per heavy atom. The average molecular weight is 349 g/mol. The van der Waals surface area contributed by atoms with Gasteiger partial charge in [-0.05, 0) is 17.7 Å². The van der Waals surface area contributed by atoms with Gasteiger partial charge in [0.1, 0.15) is 11.9 Å². The summed E-state index contributed by atoms with van der Waals surface area (Å²) in [5.41, 5.74) is 1.59. The molecule has 0 spiro atoms. The van der Waals surface area contributed by atoms with Gasteiger partial charge in [0.25, 0.3) is 5.56 Å². The summed E-state index contributed by atoms with van der Waals surface area (Å²) < 4.78 is 7.12. The predicted octanol–water partition coefficient (Wildman–Crippen LogP) is 1.60. The van der Waals surface area contributed by atoms with Crippen LogP contribution in [0.25, 0.3) is 10.8 Å². The molecule has 1 aromatic heterocycles. The van der Waals surface area contributed by atoms with E-state index in [2.05, 4.69) is 10.4 Å². The molecule has 132 valence electrons. The number of para-hydroxylation sites is 1. The molecule has 0 unspecified atom stereocenters. The molecule has 4 rings (SSSR count). The van der Waals surface area contributed by atoms with E-state index in [1.54, 1.807) is 13.1 Å². The number of aryl methyl sites for hydroxylation is 1. The molecule has 2 aromatic carbocycles. The smallest absolute Gasteiger partial charge is 0.274 e. The van der Waals surface area contributed by atoms with Crippen molar-refractivity contribution >= 4 is 16.7 Å². The third-order valence-corrected chi connectivity index (χ3v) is 4.60. The minimum atomic E-state index is -0.165. The molecule has 0 aliphatic carbocycles. The van der Waals surface area contributed by atoms with Crippen molar-refractivity contribution in [3.63, 3.8) is 0 Å². The van der Waals surface area contributed by atoms with Gasteiger partial charge < -0.3 is 10.1 Å². The molecule has 1 atom stereocenters. The molecule has 1 aliphatic heterocycles. The van der Waals surface area contributed by atoms with Crippen LogP contribution in [-0.4, -0.2) is 28.3 Å². The van der Waals surface area contributed by atoms with Crippen LogP contribution in [0.1, 0.15) is 11.3 Å². The van der Waals surface area contributed by atoms with Crippen LogP contribution >= 0.6 is 0 Å². The maximum atomic E-state index is 12.4. The Kier molecular flexibility index (Phi) is 4.16. The van der Waals surface area contributed by atoms with Crippen molar-refractivity contribution in [3.8, 4) is 5.75 Å². The number of fused-ring (bicyclic) bond motifs is 2. The molecule has 0 bridgehead atoms.